The van der Waals surface area contributed by atoms with E-state index in [1.807, 2.05) is 246 Å². The standard InChI is InChI=1S/2C5H7N.C5H6O.C5H6S.2C4H6N2O.2C4H6N2S.2C4H6N2.2C3H5N3.8C2H6/c1-5-2-3-6-4-5;1-6-4-2-3-5-6;2*1-5-2-3-6-4-5;1-3-5-6-4(2)7-3;1-3-5-4(2)7-6-3;1-3-5-6-4(2)7-3;1-3-5-4(2)7-6-3;1-4-2-5-6-3-4;1-4-2-3-5-6-4;1-6-3-4-2-5-6;1-3-4-2-5-6-3;8*1-2/h2-4,6H,1H3;2-5H,1H3;2*2-4H,1H3;4*1-2H3;2*2-3H,1H3,(H,5,6);2-3H,1H3;2H,1H3,(H,4,5,6);8*1-2H3. The summed E-state index contributed by atoms with van der Waals surface area (Å²) in [5, 5.41) is 48.4. The van der Waals surface area contributed by atoms with Crippen molar-refractivity contribution in [2.75, 3.05) is 0 Å². The van der Waals surface area contributed by atoms with Gasteiger partial charge in [0.05, 0.1) is 18.7 Å². The highest BCUT2D eigenvalue weighted by Crippen LogP contribution is 2.04. The lowest BCUT2D eigenvalue weighted by Crippen LogP contribution is -1.83. The van der Waals surface area contributed by atoms with Gasteiger partial charge in [-0.15, -0.1) is 31.7 Å². The molecule has 0 saturated carbocycles. The van der Waals surface area contributed by atoms with Crippen LogP contribution in [-0.4, -0.2) is 99.8 Å². The van der Waals surface area contributed by atoms with E-state index in [0.29, 0.717) is 23.5 Å². The van der Waals surface area contributed by atoms with Crippen molar-refractivity contribution >= 4 is 34.2 Å². The van der Waals surface area contributed by atoms with Crippen molar-refractivity contribution in [2.45, 2.75) is 208 Å². The lowest BCUT2D eigenvalue weighted by Gasteiger charge is -1.79. The van der Waals surface area contributed by atoms with Gasteiger partial charge in [0.2, 0.25) is 17.7 Å². The van der Waals surface area contributed by atoms with E-state index in [-0.39, 0.29) is 0 Å². The topological polar surface area (TPSA) is 293 Å². The van der Waals surface area contributed by atoms with Crippen LogP contribution in [0.4, 0.5) is 0 Å². The summed E-state index contributed by atoms with van der Waals surface area (Å²) in [5.74, 6) is 4.29. The van der Waals surface area contributed by atoms with Gasteiger partial charge < -0.3 is 22.9 Å². The maximum Gasteiger partial charge on any atom is 0.223 e. The highest BCUT2D eigenvalue weighted by atomic mass is 32.1. The van der Waals surface area contributed by atoms with Gasteiger partial charge in [0.1, 0.15) is 45.7 Å². The molecule has 0 unspecified atom stereocenters. The second-order valence-electron chi connectivity index (χ2n) is 15.4. The molecule has 12 heterocycles. The fraction of sp³-hybridized carbons (Fsp3) is 0.485. The number of nitrogens with zero attached hydrogens (tertiary/aromatic N) is 16. The van der Waals surface area contributed by atoms with Crippen LogP contribution in [0.5, 0.6) is 0 Å². The van der Waals surface area contributed by atoms with E-state index in [4.69, 9.17) is 8.83 Å². The average Bonchev–Trinajstić information content (AvgIpc) is 4.54. The first-order valence-corrected chi connectivity index (χ1v) is 33.6. The third-order valence-corrected chi connectivity index (χ3v) is 9.96. The summed E-state index contributed by atoms with van der Waals surface area (Å²) in [7, 11) is 3.83. The molecule has 0 saturated heterocycles. The molecular weight excluding hydrogens is 1220 g/mol. The van der Waals surface area contributed by atoms with E-state index in [0.717, 1.165) is 32.4 Å². The van der Waals surface area contributed by atoms with Gasteiger partial charge in [0.15, 0.2) is 5.82 Å². The Kier molecular flexibility index (Phi) is 85.4. The first kappa shape index (κ1) is 99.8. The summed E-state index contributed by atoms with van der Waals surface area (Å²) in [6, 6.07) is 12.0. The number of furan rings is 1. The fourth-order valence-electron chi connectivity index (χ4n) is 4.26. The van der Waals surface area contributed by atoms with Gasteiger partial charge in [0, 0.05) is 77.7 Å². The van der Waals surface area contributed by atoms with Crippen LogP contribution in [0.25, 0.3) is 0 Å². The first-order valence-electron chi connectivity index (χ1n) is 31.0. The van der Waals surface area contributed by atoms with Gasteiger partial charge >= 0.3 is 0 Å². The molecule has 0 radical (unpaired) electrons. The molecule has 26 heteroatoms. The summed E-state index contributed by atoms with van der Waals surface area (Å²) in [6.07, 6.45) is 21.2. The minimum absolute atomic E-state index is 0.623. The van der Waals surface area contributed by atoms with Crippen LogP contribution >= 0.6 is 34.2 Å². The SMILES string of the molecule is CC.CC.CC.CC.CC.CC.CC.CC.Cc1cc[nH]c1.Cc1ccn[nH]1.Cc1ccoc1.Cc1ccsc1.Cc1cn[nH]c1.Cc1ncn[nH]1.Cc1nnc(C)o1.Cc1nnc(C)s1.Cc1noc(C)n1.Cc1nsc(C)n1.Cn1cccc1.Cn1cncn1. The molecule has 92 heavy (non-hydrogen) atoms. The van der Waals surface area contributed by atoms with Gasteiger partial charge in [-0.05, 0) is 157 Å². The predicted molar refractivity (Wildman–Crippen MR) is 389 cm³/mol. The minimum Gasteiger partial charge on any atom is -0.472 e. The number of hydrogen-bond acceptors (Lipinski definition) is 20. The first-order chi connectivity index (χ1) is 44.3. The Balaban J connectivity index is -0.000000137. The molecule has 0 aliphatic carbocycles. The van der Waals surface area contributed by atoms with Gasteiger partial charge in [-0.1, -0.05) is 116 Å². The second kappa shape index (κ2) is 78.7. The smallest absolute Gasteiger partial charge is 0.223 e. The zero-order valence-corrected chi connectivity index (χ0v) is 64.6. The van der Waals surface area contributed by atoms with Crippen molar-refractivity contribution in [3.05, 3.63) is 200 Å². The van der Waals surface area contributed by atoms with Crippen LogP contribution in [0, 0.1) is 96.9 Å². The molecule has 520 valence electrons. The maximum absolute atomic E-state index is 4.86. The van der Waals surface area contributed by atoms with Crippen molar-refractivity contribution in [1.29, 1.82) is 0 Å². The monoisotopic (exact) mass is 1340 g/mol. The van der Waals surface area contributed by atoms with Crippen LogP contribution in [0.2, 0.25) is 0 Å². The molecule has 0 amide bonds. The third kappa shape index (κ3) is 75.9. The third-order valence-electron chi connectivity index (χ3n) is 7.69. The van der Waals surface area contributed by atoms with E-state index in [2.05, 4.69) is 126 Å². The van der Waals surface area contributed by atoms with Crippen molar-refractivity contribution in [3.8, 4) is 0 Å². The predicted octanol–water partition coefficient (Wildman–Crippen LogP) is 19.2. The molecule has 0 aliphatic heterocycles. The summed E-state index contributed by atoms with van der Waals surface area (Å²) in [6.45, 7) is 58.8. The van der Waals surface area contributed by atoms with Crippen LogP contribution < -0.4 is 0 Å². The fourth-order valence-corrected chi connectivity index (χ4v) is 5.99. The van der Waals surface area contributed by atoms with E-state index in [1.54, 1.807) is 86.3 Å². The Morgan fingerprint density at radius 3 is 1.25 bits per heavy atom. The number of rotatable bonds is 0. The molecule has 12 rings (SSSR count). The molecule has 0 fully saturated rings. The second-order valence-corrected chi connectivity index (χ2v) is 18.5. The zero-order valence-electron chi connectivity index (χ0n) is 62.2. The number of hydrogen-bond donors (Lipinski definition) is 4. The van der Waals surface area contributed by atoms with Crippen LogP contribution in [0.15, 0.2) is 135 Å². The van der Waals surface area contributed by atoms with Crippen molar-refractivity contribution in [2.24, 2.45) is 14.1 Å². The zero-order chi connectivity index (χ0) is 72.4. The van der Waals surface area contributed by atoms with E-state index in [1.165, 1.54) is 46.4 Å². The summed E-state index contributed by atoms with van der Waals surface area (Å²) >= 11 is 4.80. The normalized spacial score (nSPS) is 8.00. The molecule has 0 aliphatic rings. The van der Waals surface area contributed by atoms with E-state index in [9.17, 15) is 0 Å². The largest absolute Gasteiger partial charge is 0.472 e. The number of H-pyrrole nitrogens is 4. The van der Waals surface area contributed by atoms with Gasteiger partial charge in [-0.25, -0.2) is 15.0 Å². The number of thiophene rings is 1. The maximum atomic E-state index is 4.86. The molecule has 0 bridgehead atoms. The molecular formula is C66H120N20O3S3. The van der Waals surface area contributed by atoms with Gasteiger partial charge in [0.25, 0.3) is 0 Å². The Hall–Kier alpha value is -8.36. The van der Waals surface area contributed by atoms with Crippen molar-refractivity contribution in [1.82, 2.24) is 99.8 Å². The lowest BCUT2D eigenvalue weighted by atomic mass is 10.4. The summed E-state index contributed by atoms with van der Waals surface area (Å²) in [4.78, 5) is 18.2. The van der Waals surface area contributed by atoms with Crippen molar-refractivity contribution < 1.29 is 13.4 Å². The van der Waals surface area contributed by atoms with E-state index < -0.39 is 0 Å². The summed E-state index contributed by atoms with van der Waals surface area (Å²) in [5.41, 5.74) is 6.11. The molecule has 23 nitrogen and oxygen atoms in total. The minimum atomic E-state index is 0.623. The number of aromatic amines is 4. The molecule has 12 aromatic heterocycles. The Labute approximate surface area is 566 Å². The lowest BCUT2D eigenvalue weighted by molar-refractivity contribution is 0.389. The van der Waals surface area contributed by atoms with Crippen LogP contribution in [0.3, 0.4) is 0 Å². The Morgan fingerprint density at radius 2 is 1.12 bits per heavy atom. The highest BCUT2D eigenvalue weighted by molar-refractivity contribution is 7.11. The van der Waals surface area contributed by atoms with Crippen LogP contribution in [-0.2, 0) is 14.1 Å². The molecule has 0 aromatic carbocycles. The highest BCUT2D eigenvalue weighted by Gasteiger charge is 1.92. The van der Waals surface area contributed by atoms with Gasteiger partial charge in [-0.3, -0.25) is 20.0 Å². The quantitative estimate of drug-likeness (QED) is 0.110. The number of aryl methyl sites for hydroxylation is 16. The van der Waals surface area contributed by atoms with Crippen molar-refractivity contribution in [3.63, 3.8) is 0 Å². The Bertz CT molecular complexity index is 2390. The molecule has 0 spiro atoms. The molecule has 0 atom stereocenters. The Morgan fingerprint density at radius 1 is 0.533 bits per heavy atom. The molecule has 12 aromatic rings. The van der Waals surface area contributed by atoms with Crippen LogP contribution in [0.1, 0.15) is 189 Å². The average molecular weight is 1340 g/mol. The van der Waals surface area contributed by atoms with E-state index >= 15 is 0 Å². The van der Waals surface area contributed by atoms with Gasteiger partial charge in [-0.2, -0.15) is 41.1 Å². The number of nitrogens with one attached hydrogen (secondary N) is 4. The molecule has 4 N–H and O–H groups in total. The summed E-state index contributed by atoms with van der Waals surface area (Å²) < 4.78 is 21.8. The number of aromatic nitrogens is 20.